The number of fused-ring (bicyclic) bond motifs is 1. The third-order valence-corrected chi connectivity index (χ3v) is 5.13. The van der Waals surface area contributed by atoms with Crippen LogP contribution in [0.5, 0.6) is 5.75 Å². The smallest absolute Gasteiger partial charge is 0.305 e. The molecule has 3 N–H and O–H groups in total. The van der Waals surface area contributed by atoms with Gasteiger partial charge >= 0.3 is 5.97 Å². The van der Waals surface area contributed by atoms with Crippen LogP contribution in [-0.2, 0) is 16.0 Å². The molecule has 0 aliphatic heterocycles. The first-order chi connectivity index (χ1) is 14.3. The Morgan fingerprint density at radius 3 is 2.43 bits per heavy atom. The largest absolute Gasteiger partial charge is 0.508 e. The molecule has 1 amide bonds. The van der Waals surface area contributed by atoms with Gasteiger partial charge in [-0.3, -0.25) is 19.0 Å². The molecule has 0 aliphatic rings. The number of halogens is 1. The van der Waals surface area contributed by atoms with Crippen molar-refractivity contribution in [1.82, 2.24) is 9.88 Å². The van der Waals surface area contributed by atoms with Crippen LogP contribution in [0.2, 0.25) is 5.02 Å². The van der Waals surface area contributed by atoms with Crippen molar-refractivity contribution in [3.05, 3.63) is 64.3 Å². The number of rotatable bonds is 7. The molecule has 1 aromatic heterocycles. The number of nitrogens with one attached hydrogen (secondary N) is 1. The van der Waals surface area contributed by atoms with E-state index in [9.17, 15) is 19.5 Å². The molecule has 30 heavy (non-hydrogen) atoms. The average Bonchev–Trinajstić information content (AvgIpc) is 2.96. The molecule has 2 aromatic carbocycles. The third kappa shape index (κ3) is 4.63. The Balaban J connectivity index is 1.91. The van der Waals surface area contributed by atoms with E-state index in [1.807, 2.05) is 0 Å². The number of carboxylic acids is 1. The number of amides is 1. The van der Waals surface area contributed by atoms with Gasteiger partial charge in [-0.1, -0.05) is 11.6 Å². The van der Waals surface area contributed by atoms with E-state index >= 15 is 0 Å². The maximum atomic E-state index is 13.2. The first kappa shape index (κ1) is 21.4. The molecular weight excluding hydrogens is 408 g/mol. The van der Waals surface area contributed by atoms with Crippen LogP contribution < -0.4 is 5.32 Å². The number of carboxylic acid groups (broad SMARTS) is 1. The highest BCUT2D eigenvalue weighted by molar-refractivity contribution is 6.30. The van der Waals surface area contributed by atoms with Gasteiger partial charge < -0.3 is 15.5 Å². The molecule has 1 heterocycles. The Morgan fingerprint density at radius 2 is 1.77 bits per heavy atom. The summed E-state index contributed by atoms with van der Waals surface area (Å²) in [6, 6.07) is 11.3. The summed E-state index contributed by atoms with van der Waals surface area (Å²) in [4.78, 5) is 35.8. The molecule has 0 fully saturated rings. The van der Waals surface area contributed by atoms with E-state index in [0.29, 0.717) is 33.6 Å². The highest BCUT2D eigenvalue weighted by Crippen LogP contribution is 2.31. The topological polar surface area (TPSA) is 109 Å². The second kappa shape index (κ2) is 9.00. The minimum atomic E-state index is -0.981. The Morgan fingerprint density at radius 1 is 1.07 bits per heavy atom. The molecular formula is C22H21ClN2O5. The molecule has 7 nitrogen and oxygen atoms in total. The fourth-order valence-corrected chi connectivity index (χ4v) is 3.53. The fraction of sp³-hybridized carbons (Fsp3) is 0.227. The molecule has 3 rings (SSSR count). The average molecular weight is 429 g/mol. The zero-order chi connectivity index (χ0) is 21.8. The lowest BCUT2D eigenvalue weighted by Crippen LogP contribution is -2.26. The Bertz CT molecular complexity index is 1120. The van der Waals surface area contributed by atoms with Crippen molar-refractivity contribution in [1.29, 1.82) is 0 Å². The van der Waals surface area contributed by atoms with Crippen LogP contribution in [0.4, 0.5) is 0 Å². The molecule has 0 radical (unpaired) electrons. The van der Waals surface area contributed by atoms with Crippen molar-refractivity contribution in [2.75, 3.05) is 6.54 Å². The molecule has 0 saturated carbocycles. The second-order valence-corrected chi connectivity index (χ2v) is 7.34. The summed E-state index contributed by atoms with van der Waals surface area (Å²) in [5.41, 5.74) is 2.54. The molecule has 0 aliphatic carbocycles. The maximum absolute atomic E-state index is 13.2. The molecule has 3 aromatic rings. The van der Waals surface area contributed by atoms with Crippen LogP contribution in [0.25, 0.3) is 10.9 Å². The number of hydrogen-bond acceptors (Lipinski definition) is 4. The number of phenols is 1. The van der Waals surface area contributed by atoms with E-state index in [2.05, 4.69) is 5.32 Å². The van der Waals surface area contributed by atoms with Gasteiger partial charge in [0.1, 0.15) is 5.75 Å². The summed E-state index contributed by atoms with van der Waals surface area (Å²) in [5.74, 6) is -1.44. The van der Waals surface area contributed by atoms with Crippen LogP contribution in [0.1, 0.15) is 34.5 Å². The second-order valence-electron chi connectivity index (χ2n) is 6.91. The van der Waals surface area contributed by atoms with E-state index in [4.69, 9.17) is 16.7 Å². The zero-order valence-corrected chi connectivity index (χ0v) is 17.1. The van der Waals surface area contributed by atoms with Gasteiger partial charge in [0.2, 0.25) is 5.91 Å². The number of hydrogen-bond donors (Lipinski definition) is 3. The monoisotopic (exact) mass is 428 g/mol. The number of phenolic OH excluding ortho intramolecular Hbond substituents is 1. The van der Waals surface area contributed by atoms with Gasteiger partial charge in [0, 0.05) is 34.6 Å². The van der Waals surface area contributed by atoms with E-state index in [-0.39, 0.29) is 37.0 Å². The van der Waals surface area contributed by atoms with Crippen molar-refractivity contribution in [2.24, 2.45) is 0 Å². The predicted molar refractivity (Wildman–Crippen MR) is 113 cm³/mol. The van der Waals surface area contributed by atoms with Crippen molar-refractivity contribution in [3.63, 3.8) is 0 Å². The van der Waals surface area contributed by atoms with E-state index in [1.54, 1.807) is 47.9 Å². The predicted octanol–water partition coefficient (Wildman–Crippen LogP) is 3.52. The molecule has 0 spiro atoms. The van der Waals surface area contributed by atoms with Gasteiger partial charge in [-0.25, -0.2) is 0 Å². The number of benzene rings is 2. The number of aromatic hydroxyl groups is 1. The molecule has 0 saturated heterocycles. The van der Waals surface area contributed by atoms with Crippen molar-refractivity contribution in [2.45, 2.75) is 26.2 Å². The van der Waals surface area contributed by atoms with E-state index in [0.717, 1.165) is 5.56 Å². The van der Waals surface area contributed by atoms with Crippen molar-refractivity contribution < 1.29 is 24.6 Å². The van der Waals surface area contributed by atoms with Crippen LogP contribution in [-0.4, -0.2) is 39.1 Å². The SMILES string of the molecule is Cc1c(CCC(=O)NCCC(=O)O)c2cc(O)ccc2n1C(=O)c1ccc(Cl)cc1. The number of aliphatic carboxylic acids is 1. The van der Waals surface area contributed by atoms with Crippen LogP contribution in [0, 0.1) is 6.92 Å². The quantitative estimate of drug-likeness (QED) is 0.533. The minimum Gasteiger partial charge on any atom is -0.508 e. The highest BCUT2D eigenvalue weighted by Gasteiger charge is 2.20. The first-order valence-corrected chi connectivity index (χ1v) is 9.77. The van der Waals surface area contributed by atoms with Crippen molar-refractivity contribution in [3.8, 4) is 5.75 Å². The van der Waals surface area contributed by atoms with Gasteiger partial charge in [0.05, 0.1) is 11.9 Å². The highest BCUT2D eigenvalue weighted by atomic mass is 35.5. The summed E-state index contributed by atoms with van der Waals surface area (Å²) < 4.78 is 1.57. The normalized spacial score (nSPS) is 10.9. The number of aryl methyl sites for hydroxylation is 1. The van der Waals surface area contributed by atoms with Gasteiger partial charge in [-0.15, -0.1) is 0 Å². The molecule has 0 unspecified atom stereocenters. The number of carbonyl (C=O) groups excluding carboxylic acids is 2. The number of carbonyl (C=O) groups is 3. The summed E-state index contributed by atoms with van der Waals surface area (Å²) >= 11 is 5.92. The summed E-state index contributed by atoms with van der Waals surface area (Å²) in [5, 5.41) is 22.4. The van der Waals surface area contributed by atoms with E-state index < -0.39 is 5.97 Å². The van der Waals surface area contributed by atoms with Crippen LogP contribution >= 0.6 is 11.6 Å². The lowest BCUT2D eigenvalue weighted by Gasteiger charge is -2.08. The fourth-order valence-electron chi connectivity index (χ4n) is 3.41. The van der Waals surface area contributed by atoms with E-state index in [1.165, 1.54) is 6.07 Å². The van der Waals surface area contributed by atoms with Gasteiger partial charge in [0.25, 0.3) is 5.91 Å². The first-order valence-electron chi connectivity index (χ1n) is 9.39. The number of aromatic nitrogens is 1. The van der Waals surface area contributed by atoms with Crippen molar-refractivity contribution >= 4 is 40.3 Å². The maximum Gasteiger partial charge on any atom is 0.305 e. The standard InChI is InChI=1S/C22H21ClN2O5/c1-13-17(7-9-20(27)24-11-10-21(28)29)18-12-16(26)6-8-19(18)25(13)22(30)14-2-4-15(23)5-3-14/h2-6,8,12,26H,7,9-11H2,1H3,(H,24,27)(H,28,29). The van der Waals surface area contributed by atoms with Gasteiger partial charge in [0.15, 0.2) is 0 Å². The summed E-state index contributed by atoms with van der Waals surface area (Å²) in [7, 11) is 0. The lowest BCUT2D eigenvalue weighted by molar-refractivity contribution is -0.136. The van der Waals surface area contributed by atoms with Gasteiger partial charge in [-0.2, -0.15) is 0 Å². The zero-order valence-electron chi connectivity index (χ0n) is 16.3. The summed E-state index contributed by atoms with van der Waals surface area (Å²) in [6.07, 6.45) is 0.323. The Labute approximate surface area is 177 Å². The Kier molecular flexibility index (Phi) is 6.42. The van der Waals surface area contributed by atoms with Crippen LogP contribution in [0.15, 0.2) is 42.5 Å². The molecule has 8 heteroatoms. The Hall–Kier alpha value is -3.32. The molecule has 0 atom stereocenters. The van der Waals surface area contributed by atoms with Gasteiger partial charge in [-0.05, 0) is 61.4 Å². The minimum absolute atomic E-state index is 0.0603. The lowest BCUT2D eigenvalue weighted by atomic mass is 10.1. The number of nitrogens with zero attached hydrogens (tertiary/aromatic N) is 1. The third-order valence-electron chi connectivity index (χ3n) is 4.88. The van der Waals surface area contributed by atoms with Crippen LogP contribution in [0.3, 0.4) is 0 Å². The molecule has 156 valence electrons. The molecule has 0 bridgehead atoms. The summed E-state index contributed by atoms with van der Waals surface area (Å²) in [6.45, 7) is 1.85.